The Hall–Kier alpha value is -2.20. The second-order valence-electron chi connectivity index (χ2n) is 23.2. The van der Waals surface area contributed by atoms with E-state index in [0.29, 0.717) is 12.8 Å². The van der Waals surface area contributed by atoms with E-state index in [2.05, 4.69) is 31.3 Å². The zero-order valence-corrected chi connectivity index (χ0v) is 49.4. The molecule has 17 N–H and O–H groups in total. The van der Waals surface area contributed by atoms with E-state index >= 15 is 0 Å². The van der Waals surface area contributed by atoms with Crippen LogP contribution in [0.3, 0.4) is 0 Å². The minimum Gasteiger partial charge on any atom is -0.479 e. The molecule has 4 aliphatic heterocycles. The molecule has 4 aliphatic rings. The molecule has 0 aromatic carbocycles. The number of rotatable bonds is 42. The van der Waals surface area contributed by atoms with Crippen molar-refractivity contribution in [3.63, 3.8) is 0 Å². The Morgan fingerprint density at radius 1 is 0.500 bits per heavy atom. The van der Waals surface area contributed by atoms with Crippen LogP contribution in [0.5, 0.6) is 0 Å². The van der Waals surface area contributed by atoms with Crippen LogP contribution >= 0.6 is 0 Å². The summed E-state index contributed by atoms with van der Waals surface area (Å²) in [6.45, 7) is 1.30. The summed E-state index contributed by atoms with van der Waals surface area (Å²) in [7, 11) is 0. The smallest absolute Gasteiger partial charge is 0.335 e. The number of hydrogen-bond acceptors (Lipinski definition) is 24. The van der Waals surface area contributed by atoms with Crippen molar-refractivity contribution in [1.82, 2.24) is 5.32 Å². The Morgan fingerprint density at radius 3 is 1.51 bits per heavy atom. The van der Waals surface area contributed by atoms with E-state index in [0.717, 1.165) is 77.0 Å². The van der Waals surface area contributed by atoms with Crippen molar-refractivity contribution >= 4 is 11.9 Å². The number of aliphatic hydroxyl groups is 13. The molecule has 0 aliphatic carbocycles. The average Bonchev–Trinajstić information content (AvgIpc) is 3.38. The first-order valence-corrected chi connectivity index (χ1v) is 31.1. The largest absolute Gasteiger partial charge is 0.479 e. The number of unbranched alkanes of at least 4 members (excludes halogenated alkanes) is 20. The number of aliphatic hydroxyl groups excluding tert-OH is 13. The van der Waals surface area contributed by atoms with Gasteiger partial charge in [0.2, 0.25) is 5.91 Å². The van der Waals surface area contributed by atoms with E-state index in [1.807, 2.05) is 0 Å². The van der Waals surface area contributed by atoms with Crippen LogP contribution < -0.4 is 11.1 Å². The van der Waals surface area contributed by atoms with Gasteiger partial charge < -0.3 is 120 Å². The highest BCUT2D eigenvalue weighted by Crippen LogP contribution is 2.33. The van der Waals surface area contributed by atoms with Crippen LogP contribution in [0.4, 0.5) is 0 Å². The number of nitrogens with two attached hydrogens (primary N) is 1. The molecule has 4 rings (SSSR count). The Balaban J connectivity index is 1.37. The van der Waals surface area contributed by atoms with Gasteiger partial charge in [0.05, 0.1) is 44.6 Å². The summed E-state index contributed by atoms with van der Waals surface area (Å²) in [5.74, 6) is -2.49. The molecule has 26 nitrogen and oxygen atoms in total. The first kappa shape index (κ1) is 74.3. The highest BCUT2D eigenvalue weighted by molar-refractivity contribution is 5.80. The molecule has 23 unspecified atom stereocenters. The quantitative estimate of drug-likeness (QED) is 0.0280. The summed E-state index contributed by atoms with van der Waals surface area (Å²) < 4.78 is 45.6. The number of carboxylic acid groups (broad SMARTS) is 1. The highest BCUT2D eigenvalue weighted by atomic mass is 16.8. The molecule has 4 heterocycles. The fourth-order valence-corrected chi connectivity index (χ4v) is 10.9. The molecular weight excluding hydrogens is 1110 g/mol. The van der Waals surface area contributed by atoms with Crippen LogP contribution in [0.15, 0.2) is 12.2 Å². The maximum absolute atomic E-state index is 13.4. The minimum absolute atomic E-state index is 0.177. The van der Waals surface area contributed by atoms with E-state index in [-0.39, 0.29) is 12.8 Å². The maximum Gasteiger partial charge on any atom is 0.335 e. The number of carbonyl (C=O) groups excluding carboxylic acids is 1. The van der Waals surface area contributed by atoms with Gasteiger partial charge in [-0.25, -0.2) is 4.79 Å². The average molecular weight is 1220 g/mol. The molecule has 0 saturated carbocycles. The highest BCUT2D eigenvalue weighted by Gasteiger charge is 2.55. The molecule has 492 valence electrons. The van der Waals surface area contributed by atoms with E-state index in [9.17, 15) is 81.1 Å². The topological polar surface area (TPSA) is 429 Å². The lowest BCUT2D eigenvalue weighted by molar-refractivity contribution is -0.373. The third-order valence-corrected chi connectivity index (χ3v) is 16.3. The molecule has 84 heavy (non-hydrogen) atoms. The molecule has 0 radical (unpaired) electrons. The van der Waals surface area contributed by atoms with Crippen LogP contribution in [0.2, 0.25) is 0 Å². The number of hydrogen-bond donors (Lipinski definition) is 16. The first-order chi connectivity index (χ1) is 40.3. The van der Waals surface area contributed by atoms with E-state index in [1.165, 1.54) is 57.8 Å². The van der Waals surface area contributed by atoms with Crippen LogP contribution in [0, 0.1) is 0 Å². The summed E-state index contributed by atoms with van der Waals surface area (Å²) in [5.41, 5.74) is 6.19. The molecule has 0 aromatic heterocycles. The van der Waals surface area contributed by atoms with Gasteiger partial charge in [-0.1, -0.05) is 148 Å². The summed E-state index contributed by atoms with van der Waals surface area (Å²) >= 11 is 0. The van der Waals surface area contributed by atoms with E-state index in [1.54, 1.807) is 0 Å². The fourth-order valence-electron chi connectivity index (χ4n) is 10.9. The zero-order chi connectivity index (χ0) is 61.7. The van der Waals surface area contributed by atoms with Crippen molar-refractivity contribution in [2.75, 3.05) is 26.4 Å². The Kier molecular flexibility index (Phi) is 35.8. The molecular formula is C58H106N2O24. The zero-order valence-electron chi connectivity index (χ0n) is 49.4. The number of carbonyl (C=O) groups is 2. The second kappa shape index (κ2) is 40.4. The number of carboxylic acids is 1. The van der Waals surface area contributed by atoms with Crippen LogP contribution in [-0.4, -0.2) is 251 Å². The Labute approximate surface area is 494 Å². The predicted octanol–water partition coefficient (Wildman–Crippen LogP) is -0.111. The van der Waals surface area contributed by atoms with Gasteiger partial charge in [-0.15, -0.1) is 0 Å². The molecule has 26 heteroatoms. The van der Waals surface area contributed by atoms with E-state index in [4.69, 9.17) is 43.6 Å². The fraction of sp³-hybridized carbons (Fsp3) is 0.931. The van der Waals surface area contributed by atoms with Crippen molar-refractivity contribution in [1.29, 1.82) is 0 Å². The third-order valence-electron chi connectivity index (χ3n) is 16.3. The molecule has 23 atom stereocenters. The molecule has 4 saturated heterocycles. The van der Waals surface area contributed by atoms with E-state index < -0.39 is 179 Å². The lowest BCUT2D eigenvalue weighted by Crippen LogP contribution is -2.67. The normalized spacial score (nSPS) is 35.0. The predicted molar refractivity (Wildman–Crippen MR) is 300 cm³/mol. The number of nitrogens with one attached hydrogen (secondary N) is 1. The molecule has 4 fully saturated rings. The van der Waals surface area contributed by atoms with Crippen LogP contribution in [-0.2, 0) is 47.5 Å². The monoisotopic (exact) mass is 1210 g/mol. The Bertz CT molecular complexity index is 1800. The number of aliphatic carboxylic acids is 1. The van der Waals surface area contributed by atoms with Crippen molar-refractivity contribution in [2.24, 2.45) is 5.73 Å². The SMILES string of the molecule is CCCCCCC=CCCCCCCCCCC(O)C(COC1OC(C(=O)O)C(OC2OC(COC3OC(CO)C(O)C(O)C3OC3OC(CO)C(O)C(O)C3O)C(O)C(O)C2N)C(O)C1O)NC(=O)C(O)CCCCCCCCCCCC. The first-order valence-electron chi connectivity index (χ1n) is 31.1. The molecule has 0 aromatic rings. The second-order valence-corrected chi connectivity index (χ2v) is 23.2. The van der Waals surface area contributed by atoms with Gasteiger partial charge in [-0.3, -0.25) is 4.79 Å². The number of allylic oxidation sites excluding steroid dienone is 2. The van der Waals surface area contributed by atoms with Gasteiger partial charge in [-0.2, -0.15) is 0 Å². The van der Waals surface area contributed by atoms with Crippen LogP contribution in [0.1, 0.15) is 174 Å². The van der Waals surface area contributed by atoms with Gasteiger partial charge in [0.15, 0.2) is 31.3 Å². The third kappa shape index (κ3) is 23.6. The summed E-state index contributed by atoms with van der Waals surface area (Å²) in [6.07, 6.45) is -8.78. The molecule has 0 spiro atoms. The van der Waals surface area contributed by atoms with Crippen molar-refractivity contribution < 1.29 is 119 Å². The van der Waals surface area contributed by atoms with Crippen molar-refractivity contribution in [2.45, 2.75) is 315 Å². The Morgan fingerprint density at radius 2 is 0.952 bits per heavy atom. The summed E-state index contributed by atoms with van der Waals surface area (Å²) in [4.78, 5) is 26.2. The number of amides is 1. The van der Waals surface area contributed by atoms with Crippen molar-refractivity contribution in [3.8, 4) is 0 Å². The van der Waals surface area contributed by atoms with Gasteiger partial charge in [0.25, 0.3) is 0 Å². The number of ether oxygens (including phenoxy) is 8. The van der Waals surface area contributed by atoms with Gasteiger partial charge in [0.1, 0.15) is 91.6 Å². The summed E-state index contributed by atoms with van der Waals surface area (Å²) in [5, 5.41) is 153. The van der Waals surface area contributed by atoms with Gasteiger partial charge in [-0.05, 0) is 38.5 Å². The van der Waals surface area contributed by atoms with Crippen molar-refractivity contribution in [3.05, 3.63) is 12.2 Å². The lowest BCUT2D eigenvalue weighted by atomic mass is 9.95. The molecule has 1 amide bonds. The minimum atomic E-state index is -2.14. The van der Waals surface area contributed by atoms with Crippen LogP contribution in [0.25, 0.3) is 0 Å². The summed E-state index contributed by atoms with van der Waals surface area (Å²) in [6, 6.07) is -2.84. The standard InChI is InChI=1S/C58H106N2O24/c1-3-5-7-9-11-13-15-16-17-18-19-21-22-24-26-28-35(63)34(60-53(74)36(64)29-27-25-23-20-14-12-10-8-6-4-2)32-77-56-49(73)47(71)50(52(84-56)54(75)76)82-55-40(59)44(68)43(67)39(81-55)33-78-58-51(46(70)42(66)38(31-62)80-58)83-57-48(72)45(69)41(65)37(30-61)79-57/h13,15,34-52,55-58,61-73H,3-12,14,16-33,59H2,1-2H3,(H,60,74)(H,75,76). The van der Waals surface area contributed by atoms with Gasteiger partial charge in [0, 0.05) is 0 Å². The molecule has 0 bridgehead atoms. The van der Waals surface area contributed by atoms with Gasteiger partial charge >= 0.3 is 5.97 Å². The lowest BCUT2D eigenvalue weighted by Gasteiger charge is -2.47. The maximum atomic E-state index is 13.4.